The molecule has 3 rings (SSSR count). The normalized spacial score (nSPS) is 14.1. The quantitative estimate of drug-likeness (QED) is 0.759. The predicted molar refractivity (Wildman–Crippen MR) is 105 cm³/mol. The Morgan fingerprint density at radius 3 is 2.26 bits per heavy atom. The van der Waals surface area contributed by atoms with Crippen LogP contribution < -0.4 is 4.74 Å². The van der Waals surface area contributed by atoms with Gasteiger partial charge in [-0.2, -0.15) is 0 Å². The van der Waals surface area contributed by atoms with Gasteiger partial charge in [-0.1, -0.05) is 41.4 Å². The summed E-state index contributed by atoms with van der Waals surface area (Å²) in [6.45, 7) is 2.29. The number of benzene rings is 2. The first-order chi connectivity index (χ1) is 13.0. The van der Waals surface area contributed by atoms with Gasteiger partial charge in [-0.3, -0.25) is 9.59 Å². The third kappa shape index (κ3) is 5.15. The fraction of sp³-hybridized carbons (Fsp3) is 0.300. The van der Waals surface area contributed by atoms with Crippen molar-refractivity contribution in [2.75, 3.05) is 32.8 Å². The van der Waals surface area contributed by atoms with Gasteiger partial charge in [-0.05, 0) is 30.3 Å². The lowest BCUT2D eigenvalue weighted by molar-refractivity contribution is -0.133. The van der Waals surface area contributed by atoms with E-state index < -0.39 is 0 Å². The van der Waals surface area contributed by atoms with Crippen LogP contribution >= 0.6 is 23.2 Å². The molecule has 1 aliphatic rings. The molecule has 2 aromatic rings. The number of carbonyl (C=O) groups is 2. The zero-order chi connectivity index (χ0) is 19.2. The molecule has 1 saturated heterocycles. The van der Waals surface area contributed by atoms with Gasteiger partial charge in [0.05, 0.1) is 23.6 Å². The maximum atomic E-state index is 12.6. The van der Waals surface area contributed by atoms with E-state index in [0.717, 1.165) is 5.75 Å². The highest BCUT2D eigenvalue weighted by Gasteiger charge is 2.25. The standard InChI is InChI=1S/C20H20Cl2N2O3/c21-15-6-7-17(18(22)14-15)20(26)24-11-9-23(10-12-24)19(25)8-13-27-16-4-2-1-3-5-16/h1-7,14H,8-13H2. The van der Waals surface area contributed by atoms with Gasteiger partial charge in [0.25, 0.3) is 5.91 Å². The Morgan fingerprint density at radius 2 is 1.59 bits per heavy atom. The lowest BCUT2D eigenvalue weighted by Crippen LogP contribution is -2.50. The second-order valence-electron chi connectivity index (χ2n) is 6.21. The number of ether oxygens (including phenoxy) is 1. The molecule has 7 heteroatoms. The summed E-state index contributed by atoms with van der Waals surface area (Å²) in [5.74, 6) is 0.638. The molecule has 0 unspecified atom stereocenters. The predicted octanol–water partition coefficient (Wildman–Crippen LogP) is 3.75. The van der Waals surface area contributed by atoms with Crippen LogP contribution in [0.15, 0.2) is 48.5 Å². The zero-order valence-electron chi connectivity index (χ0n) is 14.7. The van der Waals surface area contributed by atoms with E-state index in [1.807, 2.05) is 30.3 Å². The molecule has 142 valence electrons. The number of hydrogen-bond acceptors (Lipinski definition) is 3. The van der Waals surface area contributed by atoms with Crippen molar-refractivity contribution in [1.29, 1.82) is 0 Å². The number of piperazine rings is 1. The maximum absolute atomic E-state index is 12.6. The fourth-order valence-electron chi connectivity index (χ4n) is 2.92. The molecule has 27 heavy (non-hydrogen) atoms. The molecule has 0 aromatic heterocycles. The third-order valence-corrected chi connectivity index (χ3v) is 4.96. The molecule has 0 spiro atoms. The Bertz CT molecular complexity index is 806. The van der Waals surface area contributed by atoms with Crippen molar-refractivity contribution in [2.24, 2.45) is 0 Å². The van der Waals surface area contributed by atoms with Crippen molar-refractivity contribution < 1.29 is 14.3 Å². The molecule has 2 amide bonds. The highest BCUT2D eigenvalue weighted by atomic mass is 35.5. The van der Waals surface area contributed by atoms with Crippen molar-refractivity contribution in [3.8, 4) is 5.75 Å². The SMILES string of the molecule is O=C(CCOc1ccccc1)N1CCN(C(=O)c2ccc(Cl)cc2Cl)CC1. The summed E-state index contributed by atoms with van der Waals surface area (Å²) < 4.78 is 5.57. The Kier molecular flexibility index (Phi) is 6.58. The van der Waals surface area contributed by atoms with Gasteiger partial charge in [0, 0.05) is 31.2 Å². The van der Waals surface area contributed by atoms with Crippen molar-refractivity contribution >= 4 is 35.0 Å². The van der Waals surface area contributed by atoms with Crippen LogP contribution in [0.2, 0.25) is 10.0 Å². The van der Waals surface area contributed by atoms with Crippen molar-refractivity contribution in [3.63, 3.8) is 0 Å². The number of para-hydroxylation sites is 1. The van der Waals surface area contributed by atoms with Gasteiger partial charge >= 0.3 is 0 Å². The van der Waals surface area contributed by atoms with Crippen LogP contribution in [0.1, 0.15) is 16.8 Å². The van der Waals surface area contributed by atoms with E-state index in [-0.39, 0.29) is 11.8 Å². The lowest BCUT2D eigenvalue weighted by atomic mass is 10.1. The van der Waals surface area contributed by atoms with Gasteiger partial charge in [0.1, 0.15) is 5.75 Å². The van der Waals surface area contributed by atoms with Gasteiger partial charge in [0.2, 0.25) is 5.91 Å². The van der Waals surface area contributed by atoms with Gasteiger partial charge in [-0.25, -0.2) is 0 Å². The number of rotatable bonds is 5. The van der Waals surface area contributed by atoms with Crippen LogP contribution in [0.5, 0.6) is 5.75 Å². The largest absolute Gasteiger partial charge is 0.493 e. The molecule has 0 atom stereocenters. The molecule has 0 aliphatic carbocycles. The maximum Gasteiger partial charge on any atom is 0.255 e. The first-order valence-corrected chi connectivity index (χ1v) is 9.50. The Labute approximate surface area is 168 Å². The third-order valence-electron chi connectivity index (χ3n) is 4.41. The van der Waals surface area contributed by atoms with Crippen LogP contribution in [-0.4, -0.2) is 54.4 Å². The minimum Gasteiger partial charge on any atom is -0.493 e. The lowest BCUT2D eigenvalue weighted by Gasteiger charge is -2.35. The van der Waals surface area contributed by atoms with Gasteiger partial charge in [-0.15, -0.1) is 0 Å². The van der Waals surface area contributed by atoms with Crippen LogP contribution in [0.3, 0.4) is 0 Å². The van der Waals surface area contributed by atoms with Crippen LogP contribution in [0.4, 0.5) is 0 Å². The highest BCUT2D eigenvalue weighted by Crippen LogP contribution is 2.23. The fourth-order valence-corrected chi connectivity index (χ4v) is 3.41. The molecule has 1 fully saturated rings. The average molecular weight is 407 g/mol. The topological polar surface area (TPSA) is 49.9 Å². The van der Waals surface area contributed by atoms with Crippen LogP contribution in [0, 0.1) is 0 Å². The summed E-state index contributed by atoms with van der Waals surface area (Å²) in [5, 5.41) is 0.828. The molecule has 0 saturated carbocycles. The summed E-state index contributed by atoms with van der Waals surface area (Å²) in [4.78, 5) is 28.4. The second kappa shape index (κ2) is 9.11. The van der Waals surface area contributed by atoms with E-state index in [4.69, 9.17) is 27.9 Å². The van der Waals surface area contributed by atoms with E-state index in [0.29, 0.717) is 54.8 Å². The summed E-state index contributed by atoms with van der Waals surface area (Å²) in [6, 6.07) is 14.2. The van der Waals surface area contributed by atoms with E-state index in [9.17, 15) is 9.59 Å². The van der Waals surface area contributed by atoms with Gasteiger partial charge < -0.3 is 14.5 Å². The zero-order valence-corrected chi connectivity index (χ0v) is 16.2. The van der Waals surface area contributed by atoms with E-state index >= 15 is 0 Å². The summed E-state index contributed by atoms with van der Waals surface area (Å²) in [5.41, 5.74) is 0.428. The van der Waals surface area contributed by atoms with Crippen LogP contribution in [0.25, 0.3) is 0 Å². The van der Waals surface area contributed by atoms with Crippen molar-refractivity contribution in [3.05, 3.63) is 64.1 Å². The number of amides is 2. The van der Waals surface area contributed by atoms with Crippen molar-refractivity contribution in [2.45, 2.75) is 6.42 Å². The summed E-state index contributed by atoms with van der Waals surface area (Å²) in [6.07, 6.45) is 0.311. The summed E-state index contributed by atoms with van der Waals surface area (Å²) in [7, 11) is 0. The minimum absolute atomic E-state index is 0.0301. The molecule has 1 aliphatic heterocycles. The molecular weight excluding hydrogens is 387 g/mol. The summed E-state index contributed by atoms with van der Waals surface area (Å²) >= 11 is 12.0. The first-order valence-electron chi connectivity index (χ1n) is 8.74. The smallest absolute Gasteiger partial charge is 0.255 e. The minimum atomic E-state index is -0.142. The Balaban J connectivity index is 1.46. The Hall–Kier alpha value is -2.24. The molecule has 5 nitrogen and oxygen atoms in total. The highest BCUT2D eigenvalue weighted by molar-refractivity contribution is 6.36. The molecule has 2 aromatic carbocycles. The first kappa shape index (κ1) is 19.5. The number of nitrogens with zero attached hydrogens (tertiary/aromatic N) is 2. The monoisotopic (exact) mass is 406 g/mol. The Morgan fingerprint density at radius 1 is 0.926 bits per heavy atom. The van der Waals surface area contributed by atoms with Gasteiger partial charge in [0.15, 0.2) is 0 Å². The number of carbonyl (C=O) groups excluding carboxylic acids is 2. The second-order valence-corrected chi connectivity index (χ2v) is 7.05. The van der Waals surface area contributed by atoms with E-state index in [2.05, 4.69) is 0 Å². The average Bonchev–Trinajstić information content (AvgIpc) is 2.68. The van der Waals surface area contributed by atoms with Crippen molar-refractivity contribution in [1.82, 2.24) is 9.80 Å². The molecule has 1 heterocycles. The number of hydrogen-bond donors (Lipinski definition) is 0. The molecule has 0 bridgehead atoms. The molecule has 0 radical (unpaired) electrons. The molecular formula is C20H20Cl2N2O3. The van der Waals surface area contributed by atoms with Crippen LogP contribution in [-0.2, 0) is 4.79 Å². The molecule has 0 N–H and O–H groups in total. The number of halogens is 2. The van der Waals surface area contributed by atoms with E-state index in [1.165, 1.54) is 0 Å². The van der Waals surface area contributed by atoms with E-state index in [1.54, 1.807) is 28.0 Å².